The molecule has 0 aliphatic carbocycles. The van der Waals surface area contributed by atoms with Gasteiger partial charge in [0.25, 0.3) is 0 Å². The van der Waals surface area contributed by atoms with Crippen molar-refractivity contribution in [3.05, 3.63) is 52.9 Å². The first-order valence-corrected chi connectivity index (χ1v) is 6.26. The predicted octanol–water partition coefficient (Wildman–Crippen LogP) is 2.55. The molecule has 5 heteroatoms. The molecule has 0 aliphatic rings. The monoisotopic (exact) mass is 265 g/mol. The Morgan fingerprint density at radius 1 is 1.16 bits per heavy atom. The molecule has 0 unspecified atom stereocenters. The third-order valence-corrected chi connectivity index (χ3v) is 3.01. The number of nitrogens with zero attached hydrogens (tertiary/aromatic N) is 2. The van der Waals surface area contributed by atoms with Gasteiger partial charge in [-0.15, -0.1) is 0 Å². The van der Waals surface area contributed by atoms with Crippen molar-refractivity contribution in [2.24, 2.45) is 7.05 Å². The lowest BCUT2D eigenvalue weighted by molar-refractivity contribution is 0.505. The molecular weight excluding hydrogens is 248 g/mol. The molecule has 0 bridgehead atoms. The van der Waals surface area contributed by atoms with Crippen LogP contribution in [0.3, 0.4) is 0 Å². The molecule has 2 rings (SSSR count). The molecule has 2 aromatic rings. The molecule has 1 aromatic carbocycles. The summed E-state index contributed by atoms with van der Waals surface area (Å²) in [6.07, 6.45) is 0.900. The number of nitrogens with one attached hydrogen (secondary N) is 1. The summed E-state index contributed by atoms with van der Waals surface area (Å²) >= 11 is 0. The van der Waals surface area contributed by atoms with Gasteiger partial charge in [-0.2, -0.15) is 5.10 Å². The van der Waals surface area contributed by atoms with E-state index in [-0.39, 0.29) is 0 Å². The highest BCUT2D eigenvalue weighted by Gasteiger charge is 2.05. The van der Waals surface area contributed by atoms with Crippen molar-refractivity contribution in [3.8, 4) is 0 Å². The van der Waals surface area contributed by atoms with Crippen LogP contribution in [0.5, 0.6) is 0 Å². The van der Waals surface area contributed by atoms with Crippen molar-refractivity contribution in [2.75, 3.05) is 0 Å². The summed E-state index contributed by atoms with van der Waals surface area (Å²) in [5.41, 5.74) is 2.84. The van der Waals surface area contributed by atoms with Crippen LogP contribution >= 0.6 is 0 Å². The van der Waals surface area contributed by atoms with E-state index < -0.39 is 11.6 Å². The van der Waals surface area contributed by atoms with Gasteiger partial charge in [0, 0.05) is 20.1 Å². The van der Waals surface area contributed by atoms with Crippen molar-refractivity contribution in [3.63, 3.8) is 0 Å². The maximum absolute atomic E-state index is 13.0. The van der Waals surface area contributed by atoms with Gasteiger partial charge in [-0.05, 0) is 30.2 Å². The second-order valence-corrected chi connectivity index (χ2v) is 4.46. The summed E-state index contributed by atoms with van der Waals surface area (Å²) in [5, 5.41) is 7.54. The highest BCUT2D eigenvalue weighted by molar-refractivity contribution is 5.18. The average molecular weight is 265 g/mol. The van der Waals surface area contributed by atoms with Crippen LogP contribution in [0.15, 0.2) is 24.3 Å². The number of aromatic nitrogens is 2. The van der Waals surface area contributed by atoms with Crippen molar-refractivity contribution < 1.29 is 8.78 Å². The van der Waals surface area contributed by atoms with Crippen LogP contribution in [-0.2, 0) is 26.6 Å². The number of hydrogen-bond acceptors (Lipinski definition) is 2. The zero-order valence-corrected chi connectivity index (χ0v) is 11.1. The number of halogens is 2. The quantitative estimate of drug-likeness (QED) is 0.900. The number of hydrogen-bond donors (Lipinski definition) is 1. The van der Waals surface area contributed by atoms with E-state index in [9.17, 15) is 8.78 Å². The highest BCUT2D eigenvalue weighted by Crippen LogP contribution is 2.09. The van der Waals surface area contributed by atoms with Crippen molar-refractivity contribution >= 4 is 0 Å². The molecule has 0 aliphatic heterocycles. The minimum absolute atomic E-state index is 0.490. The third kappa shape index (κ3) is 3.38. The number of aryl methyl sites for hydroxylation is 2. The van der Waals surface area contributed by atoms with E-state index in [1.54, 1.807) is 6.07 Å². The van der Waals surface area contributed by atoms with Gasteiger partial charge in [0.05, 0.1) is 11.4 Å². The molecule has 0 saturated heterocycles. The molecule has 0 saturated carbocycles. The number of rotatable bonds is 5. The normalized spacial score (nSPS) is 10.9. The maximum atomic E-state index is 13.0. The van der Waals surface area contributed by atoms with Crippen LogP contribution in [0.2, 0.25) is 0 Å². The van der Waals surface area contributed by atoms with Crippen molar-refractivity contribution in [1.29, 1.82) is 0 Å². The van der Waals surface area contributed by atoms with E-state index in [0.717, 1.165) is 29.4 Å². The summed E-state index contributed by atoms with van der Waals surface area (Å²) in [6.45, 7) is 3.19. The molecule has 19 heavy (non-hydrogen) atoms. The maximum Gasteiger partial charge on any atom is 0.159 e. The summed E-state index contributed by atoms with van der Waals surface area (Å²) in [5.74, 6) is -1.63. The molecule has 1 N–H and O–H groups in total. The van der Waals surface area contributed by atoms with E-state index in [0.29, 0.717) is 13.1 Å². The van der Waals surface area contributed by atoms with E-state index in [2.05, 4.69) is 17.3 Å². The van der Waals surface area contributed by atoms with E-state index in [4.69, 9.17) is 0 Å². The van der Waals surface area contributed by atoms with Crippen LogP contribution in [0, 0.1) is 11.6 Å². The summed E-state index contributed by atoms with van der Waals surface area (Å²) < 4.78 is 27.6. The molecule has 0 radical (unpaired) electrons. The summed E-state index contributed by atoms with van der Waals surface area (Å²) in [7, 11) is 1.90. The molecule has 0 fully saturated rings. The fourth-order valence-corrected chi connectivity index (χ4v) is 1.89. The molecular formula is C14H17F2N3. The summed E-state index contributed by atoms with van der Waals surface area (Å²) in [6, 6.07) is 5.97. The standard InChI is InChI=1S/C14H17F2N3/c1-3-11-7-12(19(2)18-11)9-17-8-10-4-5-13(15)14(16)6-10/h4-7,17H,3,8-9H2,1-2H3. The second-order valence-electron chi connectivity index (χ2n) is 4.46. The first-order chi connectivity index (χ1) is 9.10. The van der Waals surface area contributed by atoms with Crippen LogP contribution in [0.4, 0.5) is 8.78 Å². The largest absolute Gasteiger partial charge is 0.307 e. The topological polar surface area (TPSA) is 29.9 Å². The lowest BCUT2D eigenvalue weighted by Crippen LogP contribution is -2.15. The Morgan fingerprint density at radius 3 is 2.58 bits per heavy atom. The van der Waals surface area contributed by atoms with E-state index in [1.807, 2.05) is 17.8 Å². The Morgan fingerprint density at radius 2 is 1.95 bits per heavy atom. The van der Waals surface area contributed by atoms with Gasteiger partial charge < -0.3 is 5.32 Å². The molecule has 0 atom stereocenters. The fourth-order valence-electron chi connectivity index (χ4n) is 1.89. The lowest BCUT2D eigenvalue weighted by Gasteiger charge is -2.05. The first-order valence-electron chi connectivity index (χ1n) is 6.26. The van der Waals surface area contributed by atoms with Gasteiger partial charge in [0.1, 0.15) is 0 Å². The van der Waals surface area contributed by atoms with Gasteiger partial charge in [-0.1, -0.05) is 13.0 Å². The second kappa shape index (κ2) is 5.93. The lowest BCUT2D eigenvalue weighted by atomic mass is 10.2. The SMILES string of the molecule is CCc1cc(CNCc2ccc(F)c(F)c2)n(C)n1. The molecule has 0 spiro atoms. The zero-order chi connectivity index (χ0) is 13.8. The Hall–Kier alpha value is -1.75. The van der Waals surface area contributed by atoms with Crippen LogP contribution < -0.4 is 5.32 Å². The smallest absolute Gasteiger partial charge is 0.159 e. The predicted molar refractivity (Wildman–Crippen MR) is 69.5 cm³/mol. The molecule has 0 amide bonds. The van der Waals surface area contributed by atoms with Gasteiger partial charge in [0.2, 0.25) is 0 Å². The fraction of sp³-hybridized carbons (Fsp3) is 0.357. The Kier molecular flexibility index (Phi) is 4.27. The van der Waals surface area contributed by atoms with Crippen molar-refractivity contribution in [1.82, 2.24) is 15.1 Å². The van der Waals surface area contributed by atoms with Crippen LogP contribution in [0.1, 0.15) is 23.9 Å². The first kappa shape index (κ1) is 13.7. The highest BCUT2D eigenvalue weighted by atomic mass is 19.2. The van der Waals surface area contributed by atoms with E-state index >= 15 is 0 Å². The minimum atomic E-state index is -0.817. The van der Waals surface area contributed by atoms with Gasteiger partial charge in [0.15, 0.2) is 11.6 Å². The Bertz CT molecular complexity index is 564. The van der Waals surface area contributed by atoms with Crippen LogP contribution in [-0.4, -0.2) is 9.78 Å². The number of benzene rings is 1. The Balaban J connectivity index is 1.92. The van der Waals surface area contributed by atoms with Crippen molar-refractivity contribution in [2.45, 2.75) is 26.4 Å². The summed E-state index contributed by atoms with van der Waals surface area (Å²) in [4.78, 5) is 0. The van der Waals surface area contributed by atoms with Gasteiger partial charge in [-0.25, -0.2) is 8.78 Å². The van der Waals surface area contributed by atoms with Gasteiger partial charge in [-0.3, -0.25) is 4.68 Å². The average Bonchev–Trinajstić information content (AvgIpc) is 2.75. The molecule has 3 nitrogen and oxygen atoms in total. The van der Waals surface area contributed by atoms with E-state index in [1.165, 1.54) is 6.07 Å². The molecule has 102 valence electrons. The molecule has 1 heterocycles. The third-order valence-electron chi connectivity index (χ3n) is 3.01. The zero-order valence-electron chi connectivity index (χ0n) is 11.1. The Labute approximate surface area is 111 Å². The van der Waals surface area contributed by atoms with Crippen LogP contribution in [0.25, 0.3) is 0 Å². The van der Waals surface area contributed by atoms with Gasteiger partial charge >= 0.3 is 0 Å². The minimum Gasteiger partial charge on any atom is -0.307 e. The molecule has 1 aromatic heterocycles.